The number of nitrogens with zero attached hydrogens (tertiary/aromatic N) is 2. The van der Waals surface area contributed by atoms with Gasteiger partial charge in [0.25, 0.3) is 0 Å². The molecular weight excluding hydrogens is 359 g/mol. The minimum atomic E-state index is -0.513. The van der Waals surface area contributed by atoms with Crippen LogP contribution < -0.4 is 4.74 Å². The number of rotatable bonds is 4. The molecule has 1 spiro atoms. The molecule has 1 aromatic rings. The number of benzene rings is 1. The van der Waals surface area contributed by atoms with Crippen LogP contribution >= 0.6 is 0 Å². The van der Waals surface area contributed by atoms with Crippen molar-refractivity contribution in [3.05, 3.63) is 29.6 Å². The van der Waals surface area contributed by atoms with Gasteiger partial charge in [-0.05, 0) is 42.9 Å². The van der Waals surface area contributed by atoms with Crippen LogP contribution in [0.2, 0.25) is 0 Å². The molecule has 0 bridgehead atoms. The first-order valence-electron chi connectivity index (χ1n) is 10.0. The zero-order valence-electron chi connectivity index (χ0n) is 17.4. The van der Waals surface area contributed by atoms with Crippen molar-refractivity contribution in [2.24, 2.45) is 10.8 Å². The van der Waals surface area contributed by atoms with Crippen LogP contribution in [0.15, 0.2) is 18.2 Å². The number of carbonyl (C=O) groups excluding carboxylic acids is 2. The topological polar surface area (TPSA) is 49.9 Å². The average molecular weight is 390 g/mol. The molecule has 154 valence electrons. The third kappa shape index (κ3) is 4.31. The van der Waals surface area contributed by atoms with Crippen LogP contribution in [0, 0.1) is 16.6 Å². The van der Waals surface area contributed by atoms with Crippen molar-refractivity contribution in [2.75, 3.05) is 26.7 Å². The highest BCUT2D eigenvalue weighted by Crippen LogP contribution is 2.41. The normalized spacial score (nSPS) is 22.8. The summed E-state index contributed by atoms with van der Waals surface area (Å²) in [4.78, 5) is 29.5. The van der Waals surface area contributed by atoms with E-state index in [2.05, 4.69) is 0 Å². The second-order valence-electron chi connectivity index (χ2n) is 9.37. The van der Waals surface area contributed by atoms with Crippen molar-refractivity contribution in [3.63, 3.8) is 0 Å². The molecule has 2 fully saturated rings. The predicted molar refractivity (Wildman–Crippen MR) is 105 cm³/mol. The zero-order chi connectivity index (χ0) is 20.5. The van der Waals surface area contributed by atoms with E-state index in [-0.39, 0.29) is 29.6 Å². The number of methoxy groups -OCH3 is 1. The number of amides is 2. The van der Waals surface area contributed by atoms with E-state index in [0.717, 1.165) is 12.8 Å². The summed E-state index contributed by atoms with van der Waals surface area (Å²) >= 11 is 0. The quantitative estimate of drug-likeness (QED) is 0.789. The fourth-order valence-electron chi connectivity index (χ4n) is 4.34. The predicted octanol–water partition coefficient (Wildman–Crippen LogP) is 3.61. The van der Waals surface area contributed by atoms with Crippen molar-refractivity contribution in [2.45, 2.75) is 53.0 Å². The summed E-state index contributed by atoms with van der Waals surface area (Å²) in [7, 11) is 1.54. The third-order valence-corrected chi connectivity index (χ3v) is 5.83. The van der Waals surface area contributed by atoms with Crippen molar-refractivity contribution < 1.29 is 18.7 Å². The van der Waals surface area contributed by atoms with E-state index in [0.29, 0.717) is 43.8 Å². The molecule has 1 atom stereocenters. The first-order chi connectivity index (χ1) is 13.1. The molecule has 2 aliphatic rings. The average Bonchev–Trinajstić information content (AvgIpc) is 3.05. The fourth-order valence-corrected chi connectivity index (χ4v) is 4.34. The van der Waals surface area contributed by atoms with Gasteiger partial charge in [-0.2, -0.15) is 0 Å². The van der Waals surface area contributed by atoms with Crippen LogP contribution in [-0.2, 0) is 16.1 Å². The maximum absolute atomic E-state index is 14.2. The highest BCUT2D eigenvalue weighted by atomic mass is 19.1. The molecule has 1 aromatic carbocycles. The Labute approximate surface area is 166 Å². The molecule has 3 rings (SSSR count). The van der Waals surface area contributed by atoms with Crippen LogP contribution in [0.3, 0.4) is 0 Å². The second-order valence-corrected chi connectivity index (χ2v) is 9.37. The van der Waals surface area contributed by atoms with Gasteiger partial charge in [-0.3, -0.25) is 9.59 Å². The van der Waals surface area contributed by atoms with Crippen molar-refractivity contribution >= 4 is 11.8 Å². The molecule has 2 saturated heterocycles. The molecule has 0 aliphatic carbocycles. The summed E-state index contributed by atoms with van der Waals surface area (Å²) in [6.07, 6.45) is 2.84. The Hall–Kier alpha value is -2.11. The van der Waals surface area contributed by atoms with Gasteiger partial charge in [-0.25, -0.2) is 4.39 Å². The molecule has 1 unspecified atom stereocenters. The van der Waals surface area contributed by atoms with Crippen LogP contribution in [-0.4, -0.2) is 48.4 Å². The first-order valence-corrected chi connectivity index (χ1v) is 10.0. The van der Waals surface area contributed by atoms with E-state index >= 15 is 0 Å². The Morgan fingerprint density at radius 2 is 2.00 bits per heavy atom. The van der Waals surface area contributed by atoms with Gasteiger partial charge < -0.3 is 14.5 Å². The van der Waals surface area contributed by atoms with E-state index in [1.165, 1.54) is 6.07 Å². The summed E-state index contributed by atoms with van der Waals surface area (Å²) in [6, 6.07) is 4.60. The maximum Gasteiger partial charge on any atom is 0.230 e. The highest BCUT2D eigenvalue weighted by Gasteiger charge is 2.49. The smallest absolute Gasteiger partial charge is 0.230 e. The third-order valence-electron chi connectivity index (χ3n) is 5.83. The van der Waals surface area contributed by atoms with E-state index in [4.69, 9.17) is 4.74 Å². The monoisotopic (exact) mass is 390 g/mol. The first kappa shape index (κ1) is 20.6. The Balaban J connectivity index is 1.72. The molecule has 0 N–H and O–H groups in total. The summed E-state index contributed by atoms with van der Waals surface area (Å²) in [5.41, 5.74) is -0.121. The van der Waals surface area contributed by atoms with Gasteiger partial charge in [0.2, 0.25) is 11.8 Å². The fraction of sp³-hybridized carbons (Fsp3) is 0.636. The molecule has 0 radical (unpaired) electrons. The molecule has 0 saturated carbocycles. The molecule has 28 heavy (non-hydrogen) atoms. The van der Waals surface area contributed by atoms with Gasteiger partial charge in [0.1, 0.15) is 11.6 Å². The molecule has 2 amide bonds. The van der Waals surface area contributed by atoms with Gasteiger partial charge in [0.05, 0.1) is 12.5 Å². The summed E-state index contributed by atoms with van der Waals surface area (Å²) < 4.78 is 19.4. The van der Waals surface area contributed by atoms with Crippen LogP contribution in [0.5, 0.6) is 5.75 Å². The van der Waals surface area contributed by atoms with Crippen LogP contribution in [0.1, 0.15) is 52.0 Å². The van der Waals surface area contributed by atoms with Crippen molar-refractivity contribution in [3.8, 4) is 5.75 Å². The summed E-state index contributed by atoms with van der Waals surface area (Å²) in [5.74, 6) is 0.414. The molecule has 6 heteroatoms. The Morgan fingerprint density at radius 3 is 2.68 bits per heavy atom. The van der Waals surface area contributed by atoms with Crippen molar-refractivity contribution in [1.29, 1.82) is 0 Å². The molecule has 2 heterocycles. The van der Waals surface area contributed by atoms with Gasteiger partial charge in [-0.15, -0.1) is 0 Å². The number of hydrogen-bond donors (Lipinski definition) is 0. The lowest BCUT2D eigenvalue weighted by Crippen LogP contribution is -2.50. The van der Waals surface area contributed by atoms with Gasteiger partial charge in [-0.1, -0.05) is 20.8 Å². The van der Waals surface area contributed by atoms with Crippen LogP contribution in [0.25, 0.3) is 0 Å². The lowest BCUT2D eigenvalue weighted by Gasteiger charge is -2.39. The Morgan fingerprint density at radius 1 is 1.25 bits per heavy atom. The van der Waals surface area contributed by atoms with Crippen molar-refractivity contribution in [1.82, 2.24) is 9.80 Å². The van der Waals surface area contributed by atoms with E-state index in [1.807, 2.05) is 25.7 Å². The van der Waals surface area contributed by atoms with E-state index < -0.39 is 5.41 Å². The molecule has 5 nitrogen and oxygen atoms in total. The number of piperidine rings is 1. The van der Waals surface area contributed by atoms with Gasteiger partial charge >= 0.3 is 0 Å². The molecular formula is C22H31FN2O3. The minimum Gasteiger partial charge on any atom is -0.497 e. The number of ether oxygens (including phenoxy) is 1. The second kappa shape index (κ2) is 7.72. The Bertz CT molecular complexity index is 759. The summed E-state index contributed by atoms with van der Waals surface area (Å²) in [5, 5.41) is 0. The van der Waals surface area contributed by atoms with E-state index in [1.54, 1.807) is 24.1 Å². The van der Waals surface area contributed by atoms with Gasteiger partial charge in [0, 0.05) is 38.2 Å². The maximum atomic E-state index is 14.2. The van der Waals surface area contributed by atoms with Gasteiger partial charge in [0.15, 0.2) is 0 Å². The summed E-state index contributed by atoms with van der Waals surface area (Å²) in [6.45, 7) is 8.11. The lowest BCUT2D eigenvalue weighted by molar-refractivity contribution is -0.147. The SMILES string of the molecule is COc1ccc(F)c(CN2CCCC3(CCN(C(=O)CC(C)(C)C)C3)C2=O)c1. The van der Waals surface area contributed by atoms with Crippen LogP contribution in [0.4, 0.5) is 4.39 Å². The van der Waals surface area contributed by atoms with E-state index in [9.17, 15) is 14.0 Å². The molecule has 2 aliphatic heterocycles. The Kier molecular flexibility index (Phi) is 5.69. The number of hydrogen-bond acceptors (Lipinski definition) is 3. The minimum absolute atomic E-state index is 0.0482. The number of halogens is 1. The number of carbonyl (C=O) groups is 2. The molecule has 0 aromatic heterocycles. The lowest BCUT2D eigenvalue weighted by atomic mass is 9.78. The number of likely N-dealkylation sites (tertiary alicyclic amines) is 2. The highest BCUT2D eigenvalue weighted by molar-refractivity contribution is 5.86. The standard InChI is InChI=1S/C22H31FN2O3/c1-21(2,3)13-19(26)25-11-9-22(15-25)8-5-10-24(20(22)27)14-16-12-17(28-4)6-7-18(16)23/h6-7,12H,5,8-11,13-15H2,1-4H3. The zero-order valence-corrected chi connectivity index (χ0v) is 17.4. The largest absolute Gasteiger partial charge is 0.497 e.